The van der Waals surface area contributed by atoms with Gasteiger partial charge >= 0.3 is 6.18 Å². The first kappa shape index (κ1) is 19.6. The molecule has 4 bridgehead atoms. The fourth-order valence-corrected chi connectivity index (χ4v) is 6.53. The first-order valence-corrected chi connectivity index (χ1v) is 9.85. The SMILES string of the molecule is CC(=O)Nc1ccc(NC(=O)C23CC4CC(CC(Cl)(C4)C2)C3)c(C(F)(F)F)c1. The summed E-state index contributed by atoms with van der Waals surface area (Å²) in [5, 5.41) is 4.88. The molecule has 0 heterocycles. The van der Waals surface area contributed by atoms with E-state index in [2.05, 4.69) is 10.6 Å². The summed E-state index contributed by atoms with van der Waals surface area (Å²) in [7, 11) is 0. The van der Waals surface area contributed by atoms with E-state index in [1.165, 1.54) is 19.1 Å². The lowest BCUT2D eigenvalue weighted by atomic mass is 9.49. The van der Waals surface area contributed by atoms with E-state index in [4.69, 9.17) is 11.6 Å². The van der Waals surface area contributed by atoms with Gasteiger partial charge in [0.15, 0.2) is 0 Å². The van der Waals surface area contributed by atoms with Crippen molar-refractivity contribution in [3.63, 3.8) is 0 Å². The Morgan fingerprint density at radius 1 is 1.11 bits per heavy atom. The van der Waals surface area contributed by atoms with E-state index < -0.39 is 27.9 Å². The maximum atomic E-state index is 13.6. The van der Waals surface area contributed by atoms with E-state index in [1.807, 2.05) is 0 Å². The van der Waals surface area contributed by atoms with Gasteiger partial charge in [-0.15, -0.1) is 11.6 Å². The summed E-state index contributed by atoms with van der Waals surface area (Å²) in [5.74, 6) is -0.0993. The van der Waals surface area contributed by atoms with Gasteiger partial charge in [-0.3, -0.25) is 9.59 Å². The second-order valence-electron chi connectivity index (χ2n) is 8.79. The molecule has 4 nitrogen and oxygen atoms in total. The van der Waals surface area contributed by atoms with E-state index >= 15 is 0 Å². The van der Waals surface area contributed by atoms with Gasteiger partial charge in [0.25, 0.3) is 0 Å². The fourth-order valence-electron chi connectivity index (χ4n) is 5.84. The summed E-state index contributed by atoms with van der Waals surface area (Å²) in [4.78, 5) is 23.9. The Kier molecular flexibility index (Phi) is 4.45. The molecular formula is C20H22ClF3N2O2. The highest BCUT2D eigenvalue weighted by Crippen LogP contribution is 2.64. The highest BCUT2D eigenvalue weighted by atomic mass is 35.5. The van der Waals surface area contributed by atoms with Crippen LogP contribution in [-0.2, 0) is 15.8 Å². The summed E-state index contributed by atoms with van der Waals surface area (Å²) < 4.78 is 40.7. The molecule has 152 valence electrons. The fraction of sp³-hybridized carbons (Fsp3) is 0.600. The van der Waals surface area contributed by atoms with Crippen LogP contribution in [0, 0.1) is 17.3 Å². The minimum absolute atomic E-state index is 0.0346. The Morgan fingerprint density at radius 3 is 2.29 bits per heavy atom. The van der Waals surface area contributed by atoms with Crippen molar-refractivity contribution in [2.45, 2.75) is 56.5 Å². The number of benzene rings is 1. The van der Waals surface area contributed by atoms with E-state index in [-0.39, 0.29) is 17.3 Å². The topological polar surface area (TPSA) is 58.2 Å². The minimum Gasteiger partial charge on any atom is -0.326 e. The first-order chi connectivity index (χ1) is 13.0. The molecular weight excluding hydrogens is 393 g/mol. The van der Waals surface area contributed by atoms with Crippen LogP contribution in [0.5, 0.6) is 0 Å². The molecule has 0 aliphatic heterocycles. The van der Waals surface area contributed by atoms with E-state index in [0.717, 1.165) is 25.3 Å². The van der Waals surface area contributed by atoms with Gasteiger partial charge in [-0.1, -0.05) is 0 Å². The molecule has 0 aromatic heterocycles. The van der Waals surface area contributed by atoms with Gasteiger partial charge in [0.05, 0.1) is 16.7 Å². The summed E-state index contributed by atoms with van der Waals surface area (Å²) in [6, 6.07) is 3.40. The van der Waals surface area contributed by atoms with Crippen LogP contribution in [0.15, 0.2) is 18.2 Å². The van der Waals surface area contributed by atoms with Crippen molar-refractivity contribution < 1.29 is 22.8 Å². The molecule has 4 fully saturated rings. The predicted molar refractivity (Wildman–Crippen MR) is 100 cm³/mol. The number of hydrogen-bond acceptors (Lipinski definition) is 2. The van der Waals surface area contributed by atoms with E-state index in [1.54, 1.807) is 0 Å². The normalized spacial score (nSPS) is 33.6. The van der Waals surface area contributed by atoms with Gasteiger partial charge in [0.1, 0.15) is 0 Å². The maximum Gasteiger partial charge on any atom is 0.418 e. The maximum absolute atomic E-state index is 13.6. The third-order valence-electron chi connectivity index (χ3n) is 6.36. The number of alkyl halides is 4. The van der Waals surface area contributed by atoms with Gasteiger partial charge < -0.3 is 10.6 Å². The van der Waals surface area contributed by atoms with Gasteiger partial charge in [-0.2, -0.15) is 13.2 Å². The molecule has 2 N–H and O–H groups in total. The summed E-state index contributed by atoms with van der Waals surface area (Å²) >= 11 is 6.74. The first-order valence-electron chi connectivity index (χ1n) is 9.47. The van der Waals surface area contributed by atoms with E-state index in [0.29, 0.717) is 31.1 Å². The van der Waals surface area contributed by atoms with Crippen molar-refractivity contribution in [2.24, 2.45) is 17.3 Å². The van der Waals surface area contributed by atoms with Crippen molar-refractivity contribution in [1.82, 2.24) is 0 Å². The monoisotopic (exact) mass is 414 g/mol. The molecule has 2 atom stereocenters. The standard InChI is InChI=1S/C20H22ClF3N2O2/c1-11(27)25-14-2-3-16(15(5-14)20(22,23)24)26-17(28)18-6-12-4-13(7-18)9-19(21,8-12)10-18/h2-3,5,12-13H,4,6-10H2,1H3,(H,25,27)(H,26,28). The molecule has 2 amide bonds. The molecule has 4 saturated carbocycles. The molecule has 0 spiro atoms. The molecule has 1 aromatic carbocycles. The highest BCUT2D eigenvalue weighted by molar-refractivity contribution is 6.24. The minimum atomic E-state index is -4.66. The molecule has 5 rings (SSSR count). The smallest absolute Gasteiger partial charge is 0.326 e. The zero-order valence-corrected chi connectivity index (χ0v) is 16.2. The number of anilines is 2. The third-order valence-corrected chi connectivity index (χ3v) is 6.81. The second-order valence-corrected chi connectivity index (χ2v) is 9.59. The lowest BCUT2D eigenvalue weighted by molar-refractivity contribution is -0.139. The largest absolute Gasteiger partial charge is 0.418 e. The van der Waals surface area contributed by atoms with Gasteiger partial charge in [-0.25, -0.2) is 0 Å². The average molecular weight is 415 g/mol. The number of hydrogen-bond donors (Lipinski definition) is 2. The number of nitrogens with one attached hydrogen (secondary N) is 2. The number of amides is 2. The van der Waals surface area contributed by atoms with Crippen molar-refractivity contribution in [2.75, 3.05) is 10.6 Å². The summed E-state index contributed by atoms with van der Waals surface area (Å²) in [6.45, 7) is 1.22. The van der Waals surface area contributed by atoms with Gasteiger partial charge in [0.2, 0.25) is 11.8 Å². The molecule has 8 heteroatoms. The number of rotatable bonds is 3. The zero-order valence-electron chi connectivity index (χ0n) is 15.5. The van der Waals surface area contributed by atoms with Crippen LogP contribution >= 0.6 is 11.6 Å². The molecule has 28 heavy (non-hydrogen) atoms. The van der Waals surface area contributed by atoms with Crippen LogP contribution in [-0.4, -0.2) is 16.7 Å². The number of halogens is 4. The number of carbonyl (C=O) groups is 2. The van der Waals surface area contributed by atoms with Crippen molar-refractivity contribution >= 4 is 34.8 Å². The van der Waals surface area contributed by atoms with Crippen LogP contribution in [0.1, 0.15) is 51.0 Å². The highest BCUT2D eigenvalue weighted by Gasteiger charge is 2.60. The van der Waals surface area contributed by atoms with Crippen LogP contribution in [0.4, 0.5) is 24.5 Å². The molecule has 2 unspecified atom stereocenters. The predicted octanol–water partition coefficient (Wildman–Crippen LogP) is 5.18. The number of carbonyl (C=O) groups excluding carboxylic acids is 2. The van der Waals surface area contributed by atoms with Crippen LogP contribution in [0.3, 0.4) is 0 Å². The summed E-state index contributed by atoms with van der Waals surface area (Å²) in [6.07, 6.45) is 0.0730. The molecule has 4 aliphatic carbocycles. The molecule has 0 saturated heterocycles. The summed E-state index contributed by atoms with van der Waals surface area (Å²) in [5.41, 5.74) is -1.92. The Morgan fingerprint density at radius 2 is 1.75 bits per heavy atom. The second kappa shape index (κ2) is 6.37. The van der Waals surface area contributed by atoms with Crippen LogP contribution < -0.4 is 10.6 Å². The Labute approximate surface area is 166 Å². The molecule has 1 aromatic rings. The third kappa shape index (κ3) is 3.49. The lowest BCUT2D eigenvalue weighted by Gasteiger charge is -2.59. The molecule has 0 radical (unpaired) electrons. The average Bonchev–Trinajstić information content (AvgIpc) is 2.52. The lowest BCUT2D eigenvalue weighted by Crippen LogP contribution is -2.57. The quantitative estimate of drug-likeness (QED) is 0.669. The Bertz CT molecular complexity index is 825. The zero-order chi connectivity index (χ0) is 20.3. The van der Waals surface area contributed by atoms with Crippen LogP contribution in [0.2, 0.25) is 0 Å². The van der Waals surface area contributed by atoms with Crippen LogP contribution in [0.25, 0.3) is 0 Å². The Balaban J connectivity index is 1.62. The van der Waals surface area contributed by atoms with Crippen molar-refractivity contribution in [1.29, 1.82) is 0 Å². The van der Waals surface area contributed by atoms with Crippen molar-refractivity contribution in [3.8, 4) is 0 Å². The molecule has 4 aliphatic rings. The Hall–Kier alpha value is -1.76. The van der Waals surface area contributed by atoms with Gasteiger partial charge in [-0.05, 0) is 68.6 Å². The van der Waals surface area contributed by atoms with Gasteiger partial charge in [0, 0.05) is 17.5 Å². The van der Waals surface area contributed by atoms with E-state index in [9.17, 15) is 22.8 Å². The van der Waals surface area contributed by atoms with Crippen molar-refractivity contribution in [3.05, 3.63) is 23.8 Å².